The minimum absolute atomic E-state index is 0.0215. The zero-order chi connectivity index (χ0) is 18.7. The maximum Gasteiger partial charge on any atom is 0.416 e. The minimum atomic E-state index is -4.32. The molecule has 1 unspecified atom stereocenters. The monoisotopic (exact) mass is 363 g/mol. The lowest BCUT2D eigenvalue weighted by atomic mass is 10.0. The van der Waals surface area contributed by atoms with Gasteiger partial charge in [0.1, 0.15) is 0 Å². The number of benzene rings is 2. The molecule has 0 amide bonds. The summed E-state index contributed by atoms with van der Waals surface area (Å²) in [6, 6.07) is 13.0. The van der Waals surface area contributed by atoms with Crippen LogP contribution in [0.15, 0.2) is 48.5 Å². The second-order valence-electron chi connectivity index (χ2n) is 6.63. The molecule has 3 rings (SSSR count). The Balaban J connectivity index is 1.67. The third-order valence-electron chi connectivity index (χ3n) is 4.74. The largest absolute Gasteiger partial charge is 0.481 e. The first-order valence-corrected chi connectivity index (χ1v) is 8.56. The van der Waals surface area contributed by atoms with E-state index in [1.54, 1.807) is 0 Å². The average molecular weight is 363 g/mol. The molecule has 2 aromatic carbocycles. The average Bonchev–Trinajstić information content (AvgIpc) is 3.02. The summed E-state index contributed by atoms with van der Waals surface area (Å²) in [7, 11) is 0. The summed E-state index contributed by atoms with van der Waals surface area (Å²) >= 11 is 0. The van der Waals surface area contributed by atoms with Crippen molar-refractivity contribution < 1.29 is 23.1 Å². The molecule has 2 aromatic rings. The molecule has 138 valence electrons. The smallest absolute Gasteiger partial charge is 0.416 e. The Morgan fingerprint density at radius 3 is 2.15 bits per heavy atom. The molecule has 0 aromatic heterocycles. The van der Waals surface area contributed by atoms with Gasteiger partial charge in [0, 0.05) is 18.3 Å². The van der Waals surface area contributed by atoms with Gasteiger partial charge in [-0.3, -0.25) is 4.79 Å². The van der Waals surface area contributed by atoms with Gasteiger partial charge < -0.3 is 10.0 Å². The van der Waals surface area contributed by atoms with E-state index in [-0.39, 0.29) is 12.5 Å². The lowest BCUT2D eigenvalue weighted by Crippen LogP contribution is -2.31. The summed E-state index contributed by atoms with van der Waals surface area (Å²) in [6.45, 7) is 0.843. The van der Waals surface area contributed by atoms with Gasteiger partial charge in [-0.25, -0.2) is 0 Å². The van der Waals surface area contributed by atoms with Crippen molar-refractivity contribution in [2.24, 2.45) is 0 Å². The molecule has 6 heteroatoms. The maximum absolute atomic E-state index is 12.6. The highest BCUT2D eigenvalue weighted by Gasteiger charge is 2.30. The summed E-state index contributed by atoms with van der Waals surface area (Å²) in [5.74, 6) is -0.791. The molecule has 1 saturated heterocycles. The van der Waals surface area contributed by atoms with Gasteiger partial charge in [-0.15, -0.1) is 0 Å². The van der Waals surface area contributed by atoms with Crippen molar-refractivity contribution in [1.29, 1.82) is 0 Å². The number of hydrogen-bond acceptors (Lipinski definition) is 2. The van der Waals surface area contributed by atoms with Crippen molar-refractivity contribution in [2.45, 2.75) is 37.9 Å². The van der Waals surface area contributed by atoms with Gasteiger partial charge >= 0.3 is 12.1 Å². The lowest BCUT2D eigenvalue weighted by molar-refractivity contribution is -0.138. The summed E-state index contributed by atoms with van der Waals surface area (Å²) in [5, 5.41) is 9.02. The number of halogens is 3. The van der Waals surface area contributed by atoms with Crippen LogP contribution in [0.25, 0.3) is 0 Å². The van der Waals surface area contributed by atoms with E-state index >= 15 is 0 Å². The summed E-state index contributed by atoms with van der Waals surface area (Å²) in [5.41, 5.74) is 2.16. The number of nitrogens with zero attached hydrogens (tertiary/aromatic N) is 1. The third-order valence-corrected chi connectivity index (χ3v) is 4.74. The number of anilines is 1. The highest BCUT2D eigenvalue weighted by molar-refractivity contribution is 5.69. The van der Waals surface area contributed by atoms with E-state index in [1.807, 2.05) is 24.3 Å². The van der Waals surface area contributed by atoms with Gasteiger partial charge in [-0.2, -0.15) is 13.2 Å². The van der Waals surface area contributed by atoms with Crippen LogP contribution in [0.1, 0.15) is 36.0 Å². The Kier molecular flexibility index (Phi) is 5.20. The number of hydrogen-bond donors (Lipinski definition) is 1. The number of rotatable bonds is 5. The van der Waals surface area contributed by atoms with Gasteiger partial charge in [0.25, 0.3) is 0 Å². The molecule has 1 heterocycles. The second kappa shape index (κ2) is 7.40. The Labute approximate surface area is 150 Å². The first kappa shape index (κ1) is 18.3. The number of alkyl halides is 3. The SMILES string of the molecule is O=C(O)CC1CCCN1c1ccc(Cc2ccc(C(F)(F)F)cc2)cc1. The van der Waals surface area contributed by atoms with Crippen LogP contribution in [-0.2, 0) is 17.4 Å². The first-order valence-electron chi connectivity index (χ1n) is 8.56. The first-order chi connectivity index (χ1) is 12.3. The van der Waals surface area contributed by atoms with E-state index in [0.29, 0.717) is 6.42 Å². The summed E-state index contributed by atoms with van der Waals surface area (Å²) in [4.78, 5) is 13.1. The number of carbonyl (C=O) groups is 1. The molecule has 0 spiro atoms. The van der Waals surface area contributed by atoms with Crippen molar-refractivity contribution in [3.8, 4) is 0 Å². The van der Waals surface area contributed by atoms with Gasteiger partial charge in [-0.05, 0) is 54.7 Å². The second-order valence-corrected chi connectivity index (χ2v) is 6.63. The Morgan fingerprint density at radius 1 is 1.04 bits per heavy atom. The standard InChI is InChI=1S/C20H20F3NO2/c21-20(22,23)16-7-3-14(4-8-16)12-15-5-9-17(10-6-15)24-11-1-2-18(24)13-19(25)26/h3-10,18H,1-2,11-13H2,(H,25,26). The number of aliphatic carboxylic acids is 1. The lowest BCUT2D eigenvalue weighted by Gasteiger charge is -2.26. The van der Waals surface area contributed by atoms with Crippen LogP contribution in [0.3, 0.4) is 0 Å². The highest BCUT2D eigenvalue weighted by atomic mass is 19.4. The van der Waals surface area contributed by atoms with E-state index in [2.05, 4.69) is 4.90 Å². The van der Waals surface area contributed by atoms with Crippen molar-refractivity contribution in [1.82, 2.24) is 0 Å². The molecular formula is C20H20F3NO2. The highest BCUT2D eigenvalue weighted by Crippen LogP contribution is 2.30. The molecule has 1 fully saturated rings. The van der Waals surface area contributed by atoms with E-state index in [0.717, 1.165) is 48.3 Å². The molecule has 0 saturated carbocycles. The molecule has 26 heavy (non-hydrogen) atoms. The zero-order valence-electron chi connectivity index (χ0n) is 14.2. The van der Waals surface area contributed by atoms with E-state index in [9.17, 15) is 18.0 Å². The number of carboxylic acid groups (broad SMARTS) is 1. The van der Waals surface area contributed by atoms with Crippen molar-refractivity contribution in [2.75, 3.05) is 11.4 Å². The van der Waals surface area contributed by atoms with Gasteiger partial charge in [0.05, 0.1) is 12.0 Å². The molecule has 1 aliphatic rings. The van der Waals surface area contributed by atoms with Gasteiger partial charge in [0.2, 0.25) is 0 Å². The van der Waals surface area contributed by atoms with Gasteiger partial charge in [0.15, 0.2) is 0 Å². The van der Waals surface area contributed by atoms with Crippen LogP contribution in [0.5, 0.6) is 0 Å². The predicted octanol–water partition coefficient (Wildman–Crippen LogP) is 4.74. The summed E-state index contributed by atoms with van der Waals surface area (Å²) < 4.78 is 37.8. The fraction of sp³-hybridized carbons (Fsp3) is 0.350. The Bertz CT molecular complexity index is 754. The van der Waals surface area contributed by atoms with Crippen LogP contribution in [-0.4, -0.2) is 23.7 Å². The zero-order valence-corrected chi connectivity index (χ0v) is 14.2. The van der Waals surface area contributed by atoms with E-state index in [1.165, 1.54) is 12.1 Å². The minimum Gasteiger partial charge on any atom is -0.481 e. The molecular weight excluding hydrogens is 343 g/mol. The topological polar surface area (TPSA) is 40.5 Å². The maximum atomic E-state index is 12.6. The molecule has 3 nitrogen and oxygen atoms in total. The van der Waals surface area contributed by atoms with Crippen LogP contribution < -0.4 is 4.90 Å². The van der Waals surface area contributed by atoms with Crippen LogP contribution >= 0.6 is 0 Å². The summed E-state index contributed by atoms with van der Waals surface area (Å²) in [6.07, 6.45) is -1.78. The molecule has 1 aliphatic heterocycles. The molecule has 0 bridgehead atoms. The Hall–Kier alpha value is -2.50. The number of carboxylic acids is 1. The molecule has 0 radical (unpaired) electrons. The predicted molar refractivity (Wildman–Crippen MR) is 93.3 cm³/mol. The fourth-order valence-electron chi connectivity index (χ4n) is 3.44. The van der Waals surface area contributed by atoms with Crippen LogP contribution in [0, 0.1) is 0 Å². The van der Waals surface area contributed by atoms with Crippen molar-refractivity contribution in [3.05, 3.63) is 65.2 Å². The quantitative estimate of drug-likeness (QED) is 0.834. The van der Waals surface area contributed by atoms with Crippen molar-refractivity contribution in [3.63, 3.8) is 0 Å². The normalized spacial score (nSPS) is 17.5. The fourth-order valence-corrected chi connectivity index (χ4v) is 3.44. The van der Waals surface area contributed by atoms with Crippen molar-refractivity contribution >= 4 is 11.7 Å². The van der Waals surface area contributed by atoms with Crippen LogP contribution in [0.4, 0.5) is 18.9 Å². The van der Waals surface area contributed by atoms with Gasteiger partial charge in [-0.1, -0.05) is 24.3 Å². The molecule has 0 aliphatic carbocycles. The van der Waals surface area contributed by atoms with E-state index in [4.69, 9.17) is 5.11 Å². The molecule has 1 atom stereocenters. The van der Waals surface area contributed by atoms with Crippen LogP contribution in [0.2, 0.25) is 0 Å². The third kappa shape index (κ3) is 4.36. The Morgan fingerprint density at radius 2 is 1.62 bits per heavy atom. The van der Waals surface area contributed by atoms with E-state index < -0.39 is 17.7 Å². The molecule has 1 N–H and O–H groups in total.